The van der Waals surface area contributed by atoms with Crippen molar-refractivity contribution in [2.75, 3.05) is 0 Å². The Bertz CT molecular complexity index is 711. The van der Waals surface area contributed by atoms with E-state index in [2.05, 4.69) is 0 Å². The number of nitrogens with two attached hydrogens (primary N) is 1. The van der Waals surface area contributed by atoms with Gasteiger partial charge in [0, 0.05) is 14.7 Å². The van der Waals surface area contributed by atoms with Crippen LogP contribution in [0, 0.1) is 10.5 Å². The molecule has 0 aliphatic rings. The van der Waals surface area contributed by atoms with E-state index in [0.717, 1.165) is 15.2 Å². The van der Waals surface area contributed by atoms with E-state index in [1.54, 1.807) is 18.2 Å². The summed E-state index contributed by atoms with van der Waals surface area (Å²) in [6, 6.07) is 8.34. The molecule has 2 nitrogen and oxygen atoms in total. The van der Waals surface area contributed by atoms with Crippen molar-refractivity contribution in [3.05, 3.63) is 56.7 Å². The summed E-state index contributed by atoms with van der Waals surface area (Å²) in [5, 5.41) is 0. The van der Waals surface area contributed by atoms with Crippen molar-refractivity contribution in [1.82, 2.24) is 0 Å². The van der Waals surface area contributed by atoms with Crippen LogP contribution in [0.2, 0.25) is 0 Å². The highest BCUT2D eigenvalue weighted by molar-refractivity contribution is 14.1. The zero-order valence-corrected chi connectivity index (χ0v) is 13.1. The van der Waals surface area contributed by atoms with Crippen LogP contribution in [0.1, 0.15) is 21.5 Å². The first-order valence-corrected chi connectivity index (χ1v) is 7.06. The predicted molar refractivity (Wildman–Crippen MR) is 82.9 cm³/mol. The second-order valence-corrected chi connectivity index (χ2v) is 5.72. The molecule has 0 spiro atoms. The van der Waals surface area contributed by atoms with Gasteiger partial charge in [0.2, 0.25) is 5.91 Å². The van der Waals surface area contributed by atoms with Crippen molar-refractivity contribution < 1.29 is 18.0 Å². The maximum Gasteiger partial charge on any atom is 0.417 e. The van der Waals surface area contributed by atoms with Crippen LogP contribution in [0.25, 0.3) is 11.1 Å². The molecule has 6 heteroatoms. The molecule has 2 N–H and O–H groups in total. The highest BCUT2D eigenvalue weighted by Gasteiger charge is 2.35. The maximum atomic E-state index is 13.2. The van der Waals surface area contributed by atoms with Crippen LogP contribution in [0.5, 0.6) is 0 Å². The summed E-state index contributed by atoms with van der Waals surface area (Å²) in [6.07, 6.45) is -4.56. The number of carbonyl (C=O) groups excluding carboxylic acids is 1. The summed E-state index contributed by atoms with van der Waals surface area (Å²) in [5.74, 6) is -0.883. The molecule has 2 aromatic carbocycles. The highest BCUT2D eigenvalue weighted by atomic mass is 127. The van der Waals surface area contributed by atoms with Gasteiger partial charge in [0.25, 0.3) is 0 Å². The Morgan fingerprint density at radius 3 is 2.38 bits per heavy atom. The molecule has 0 fully saturated rings. The van der Waals surface area contributed by atoms with E-state index in [1.165, 1.54) is 12.1 Å². The van der Waals surface area contributed by atoms with Crippen LogP contribution < -0.4 is 5.73 Å². The van der Waals surface area contributed by atoms with Crippen molar-refractivity contribution in [3.63, 3.8) is 0 Å². The maximum absolute atomic E-state index is 13.2. The number of carbonyl (C=O) groups is 1. The number of benzene rings is 2. The number of hydrogen-bond donors (Lipinski definition) is 1. The summed E-state index contributed by atoms with van der Waals surface area (Å²) in [6.45, 7) is 1.86. The minimum absolute atomic E-state index is 0.135. The van der Waals surface area contributed by atoms with Gasteiger partial charge in [-0.15, -0.1) is 0 Å². The van der Waals surface area contributed by atoms with E-state index in [4.69, 9.17) is 5.73 Å². The molecule has 0 bridgehead atoms. The number of hydrogen-bond acceptors (Lipinski definition) is 1. The largest absolute Gasteiger partial charge is 0.417 e. The van der Waals surface area contributed by atoms with Crippen LogP contribution in [0.15, 0.2) is 36.4 Å². The summed E-state index contributed by atoms with van der Waals surface area (Å²) >= 11 is 2.04. The molecular formula is C15H11F3INO. The molecule has 0 saturated carbocycles. The summed E-state index contributed by atoms with van der Waals surface area (Å²) < 4.78 is 40.4. The number of primary amides is 1. The predicted octanol–water partition coefficient (Wildman–Crippen LogP) is 4.38. The molecule has 0 aromatic heterocycles. The van der Waals surface area contributed by atoms with E-state index in [1.807, 2.05) is 29.5 Å². The molecular weight excluding hydrogens is 394 g/mol. The van der Waals surface area contributed by atoms with Crippen LogP contribution >= 0.6 is 22.6 Å². The van der Waals surface area contributed by atoms with E-state index >= 15 is 0 Å². The third-order valence-corrected chi connectivity index (χ3v) is 4.26. The molecule has 1 amide bonds. The first kappa shape index (κ1) is 15.8. The fraction of sp³-hybridized carbons (Fsp3) is 0.133. The molecule has 2 aromatic rings. The number of rotatable bonds is 2. The van der Waals surface area contributed by atoms with E-state index in [9.17, 15) is 18.0 Å². The van der Waals surface area contributed by atoms with Gasteiger partial charge in [0.15, 0.2) is 0 Å². The number of amides is 1. The fourth-order valence-electron chi connectivity index (χ4n) is 2.05. The van der Waals surface area contributed by atoms with Gasteiger partial charge in [0.05, 0.1) is 5.56 Å². The summed E-state index contributed by atoms with van der Waals surface area (Å²) in [7, 11) is 0. The van der Waals surface area contributed by atoms with Crippen LogP contribution in [-0.2, 0) is 6.18 Å². The topological polar surface area (TPSA) is 43.1 Å². The first-order valence-electron chi connectivity index (χ1n) is 5.98. The third-order valence-electron chi connectivity index (χ3n) is 3.10. The Balaban J connectivity index is 2.81. The zero-order chi connectivity index (χ0) is 15.8. The first-order chi connectivity index (χ1) is 9.71. The Morgan fingerprint density at radius 2 is 1.86 bits per heavy atom. The van der Waals surface area contributed by atoms with Crippen molar-refractivity contribution in [2.45, 2.75) is 13.1 Å². The Hall–Kier alpha value is -1.57. The molecule has 0 heterocycles. The molecule has 0 atom stereocenters. The average Bonchev–Trinajstić information content (AvgIpc) is 2.40. The van der Waals surface area contributed by atoms with Crippen LogP contribution in [-0.4, -0.2) is 5.91 Å². The van der Waals surface area contributed by atoms with Gasteiger partial charge < -0.3 is 5.73 Å². The van der Waals surface area contributed by atoms with E-state index in [0.29, 0.717) is 5.56 Å². The fourth-order valence-corrected chi connectivity index (χ4v) is 2.57. The van der Waals surface area contributed by atoms with Gasteiger partial charge in [-0.25, -0.2) is 0 Å². The number of alkyl halides is 3. The lowest BCUT2D eigenvalue weighted by atomic mass is 9.93. The third kappa shape index (κ3) is 3.20. The smallest absolute Gasteiger partial charge is 0.366 e. The van der Waals surface area contributed by atoms with Gasteiger partial charge in [0.1, 0.15) is 0 Å². The lowest BCUT2D eigenvalue weighted by molar-refractivity contribution is -0.137. The SMILES string of the molecule is Cc1ccc(-c2c(C(N)=O)cccc2C(F)(F)F)cc1I. The van der Waals surface area contributed by atoms with Crippen LogP contribution in [0.4, 0.5) is 13.2 Å². The van der Waals surface area contributed by atoms with E-state index < -0.39 is 17.6 Å². The van der Waals surface area contributed by atoms with Gasteiger partial charge in [-0.2, -0.15) is 13.2 Å². The van der Waals surface area contributed by atoms with Crippen molar-refractivity contribution >= 4 is 28.5 Å². The summed E-state index contributed by atoms with van der Waals surface area (Å²) in [4.78, 5) is 11.5. The lowest BCUT2D eigenvalue weighted by Crippen LogP contribution is -2.16. The van der Waals surface area contributed by atoms with Gasteiger partial charge >= 0.3 is 6.18 Å². The van der Waals surface area contributed by atoms with Gasteiger partial charge in [-0.1, -0.05) is 18.2 Å². The molecule has 21 heavy (non-hydrogen) atoms. The quantitative estimate of drug-likeness (QED) is 0.741. The minimum Gasteiger partial charge on any atom is -0.366 e. The molecule has 0 saturated heterocycles. The highest BCUT2D eigenvalue weighted by Crippen LogP contribution is 2.39. The standard InChI is InChI=1S/C15H11F3INO/c1-8-5-6-9(7-12(8)19)13-10(14(20)21)3-2-4-11(13)15(16,17)18/h2-7H,1H3,(H2,20,21). The second kappa shape index (κ2) is 5.67. The molecule has 0 aliphatic carbocycles. The normalized spacial score (nSPS) is 11.5. The molecule has 0 radical (unpaired) electrons. The van der Waals surface area contributed by atoms with Gasteiger partial charge in [-0.3, -0.25) is 4.79 Å². The lowest BCUT2D eigenvalue weighted by Gasteiger charge is -2.16. The number of halogens is 4. The van der Waals surface area contributed by atoms with Crippen LogP contribution in [0.3, 0.4) is 0 Å². The average molecular weight is 405 g/mol. The Labute approximate surface area is 133 Å². The van der Waals surface area contributed by atoms with Gasteiger partial charge in [-0.05, 0) is 58.8 Å². The van der Waals surface area contributed by atoms with Crippen molar-refractivity contribution in [1.29, 1.82) is 0 Å². The number of aryl methyl sites for hydroxylation is 1. The molecule has 2 rings (SSSR count). The Morgan fingerprint density at radius 1 is 1.19 bits per heavy atom. The molecule has 0 unspecified atom stereocenters. The van der Waals surface area contributed by atoms with Crippen molar-refractivity contribution in [3.8, 4) is 11.1 Å². The van der Waals surface area contributed by atoms with E-state index in [-0.39, 0.29) is 11.1 Å². The monoisotopic (exact) mass is 405 g/mol. The molecule has 110 valence electrons. The second-order valence-electron chi connectivity index (χ2n) is 4.55. The Kier molecular flexibility index (Phi) is 4.27. The zero-order valence-electron chi connectivity index (χ0n) is 11.0. The minimum atomic E-state index is -4.56. The van der Waals surface area contributed by atoms with Crippen molar-refractivity contribution in [2.24, 2.45) is 5.73 Å². The summed E-state index contributed by atoms with van der Waals surface area (Å²) in [5.41, 5.74) is 5.33. The molecule has 0 aliphatic heterocycles.